The summed E-state index contributed by atoms with van der Waals surface area (Å²) in [6, 6.07) is 6.09. The van der Waals surface area contributed by atoms with Crippen molar-refractivity contribution >= 4 is 22.8 Å². The van der Waals surface area contributed by atoms with E-state index in [0.717, 1.165) is 22.5 Å². The van der Waals surface area contributed by atoms with Crippen LogP contribution in [0.2, 0.25) is 0 Å². The molecule has 1 heterocycles. The van der Waals surface area contributed by atoms with Crippen molar-refractivity contribution in [3.05, 3.63) is 24.0 Å². The number of rotatable bonds is 3. The fourth-order valence-electron chi connectivity index (χ4n) is 2.38. The molecule has 0 aliphatic heterocycles. The Balaban J connectivity index is 2.29. The molecular formula is C15H22N4O. The lowest BCUT2D eigenvalue weighted by atomic mass is 10.2. The highest BCUT2D eigenvalue weighted by molar-refractivity contribution is 5.92. The average Bonchev–Trinajstić information content (AvgIpc) is 2.62. The van der Waals surface area contributed by atoms with Gasteiger partial charge in [-0.2, -0.15) is 0 Å². The van der Waals surface area contributed by atoms with Crippen LogP contribution in [0.1, 0.15) is 39.6 Å². The van der Waals surface area contributed by atoms with Crippen molar-refractivity contribution in [2.24, 2.45) is 0 Å². The molecule has 0 spiro atoms. The molecule has 0 bridgehead atoms. The van der Waals surface area contributed by atoms with Crippen LogP contribution in [0.5, 0.6) is 0 Å². The number of carbonyl (C=O) groups excluding carboxylic acids is 1. The number of hydrogen-bond acceptors (Lipinski definition) is 2. The van der Waals surface area contributed by atoms with Gasteiger partial charge in [0.1, 0.15) is 5.82 Å². The first-order valence-electron chi connectivity index (χ1n) is 6.94. The molecule has 2 rings (SSSR count). The van der Waals surface area contributed by atoms with Gasteiger partial charge in [-0.3, -0.25) is 0 Å². The molecular weight excluding hydrogens is 252 g/mol. The van der Waals surface area contributed by atoms with E-state index in [2.05, 4.69) is 34.0 Å². The first-order valence-corrected chi connectivity index (χ1v) is 6.94. The number of fused-ring (bicyclic) bond motifs is 1. The lowest BCUT2D eigenvalue weighted by Crippen LogP contribution is -2.34. The minimum absolute atomic E-state index is 0.112. The lowest BCUT2D eigenvalue weighted by Gasteiger charge is -2.12. The number of nitrogens with one attached hydrogen (secondary N) is 2. The molecule has 0 unspecified atom stereocenters. The molecule has 0 saturated heterocycles. The topological polar surface area (TPSA) is 59.0 Å². The zero-order valence-corrected chi connectivity index (χ0v) is 12.7. The number of urea groups is 1. The molecule has 20 heavy (non-hydrogen) atoms. The van der Waals surface area contributed by atoms with Gasteiger partial charge in [0.2, 0.25) is 0 Å². The van der Waals surface area contributed by atoms with Crippen LogP contribution in [0, 0.1) is 6.92 Å². The number of imidazole rings is 1. The molecule has 2 amide bonds. The van der Waals surface area contributed by atoms with Gasteiger partial charge in [-0.15, -0.1) is 0 Å². The highest BCUT2D eigenvalue weighted by Crippen LogP contribution is 2.23. The van der Waals surface area contributed by atoms with Crippen LogP contribution in [0.3, 0.4) is 0 Å². The summed E-state index contributed by atoms with van der Waals surface area (Å²) in [6.45, 7) is 10.1. The van der Waals surface area contributed by atoms with Gasteiger partial charge in [0.25, 0.3) is 0 Å². The molecule has 5 nitrogen and oxygen atoms in total. The fourth-order valence-corrected chi connectivity index (χ4v) is 2.38. The van der Waals surface area contributed by atoms with E-state index in [9.17, 15) is 4.79 Å². The van der Waals surface area contributed by atoms with E-state index >= 15 is 0 Å². The third kappa shape index (κ3) is 2.92. The smallest absolute Gasteiger partial charge is 0.319 e. The molecule has 0 aliphatic rings. The molecule has 0 fully saturated rings. The Morgan fingerprint density at radius 1 is 1.25 bits per heavy atom. The summed E-state index contributed by atoms with van der Waals surface area (Å²) in [4.78, 5) is 16.2. The molecule has 0 radical (unpaired) electrons. The Morgan fingerprint density at radius 3 is 2.55 bits per heavy atom. The Kier molecular flexibility index (Phi) is 3.97. The van der Waals surface area contributed by atoms with Crippen LogP contribution >= 0.6 is 0 Å². The lowest BCUT2D eigenvalue weighted by molar-refractivity contribution is 0.250. The molecule has 2 N–H and O–H groups in total. The van der Waals surface area contributed by atoms with Gasteiger partial charge in [-0.05, 0) is 52.8 Å². The van der Waals surface area contributed by atoms with Crippen molar-refractivity contribution in [2.75, 3.05) is 5.32 Å². The molecule has 0 aliphatic carbocycles. The highest BCUT2D eigenvalue weighted by atomic mass is 16.2. The Bertz CT molecular complexity index is 628. The number of carbonyl (C=O) groups is 1. The van der Waals surface area contributed by atoms with Gasteiger partial charge in [0, 0.05) is 17.8 Å². The van der Waals surface area contributed by atoms with E-state index in [-0.39, 0.29) is 12.1 Å². The van der Waals surface area contributed by atoms with Crippen LogP contribution in [0.4, 0.5) is 10.5 Å². The van der Waals surface area contributed by atoms with Crippen molar-refractivity contribution in [3.8, 4) is 0 Å². The summed E-state index contributed by atoms with van der Waals surface area (Å²) in [5.41, 5.74) is 2.75. The molecule has 0 atom stereocenters. The quantitative estimate of drug-likeness (QED) is 0.900. The van der Waals surface area contributed by atoms with Crippen LogP contribution in [-0.2, 0) is 0 Å². The largest absolute Gasteiger partial charge is 0.336 e. The van der Waals surface area contributed by atoms with Crippen molar-refractivity contribution in [3.63, 3.8) is 0 Å². The number of nitrogens with zero attached hydrogens (tertiary/aromatic N) is 2. The van der Waals surface area contributed by atoms with Crippen molar-refractivity contribution in [2.45, 2.75) is 46.7 Å². The minimum atomic E-state index is -0.195. The molecule has 108 valence electrons. The van der Waals surface area contributed by atoms with E-state index in [0.29, 0.717) is 6.04 Å². The summed E-state index contributed by atoms with van der Waals surface area (Å²) < 4.78 is 2.19. The maximum absolute atomic E-state index is 11.7. The zero-order chi connectivity index (χ0) is 14.9. The normalized spacial score (nSPS) is 11.3. The van der Waals surface area contributed by atoms with Crippen molar-refractivity contribution < 1.29 is 4.79 Å². The van der Waals surface area contributed by atoms with Crippen LogP contribution < -0.4 is 10.6 Å². The minimum Gasteiger partial charge on any atom is -0.336 e. The Labute approximate surface area is 119 Å². The summed E-state index contributed by atoms with van der Waals surface area (Å²) in [6.07, 6.45) is 0. The SMILES string of the molecule is Cc1nc2cc(NC(=O)NC(C)C)ccc2n1C(C)C. The van der Waals surface area contributed by atoms with Crippen molar-refractivity contribution in [1.82, 2.24) is 14.9 Å². The number of aromatic nitrogens is 2. The van der Waals surface area contributed by atoms with E-state index < -0.39 is 0 Å². The highest BCUT2D eigenvalue weighted by Gasteiger charge is 2.11. The van der Waals surface area contributed by atoms with E-state index in [4.69, 9.17) is 0 Å². The molecule has 1 aromatic carbocycles. The third-order valence-corrected chi connectivity index (χ3v) is 3.06. The molecule has 5 heteroatoms. The van der Waals surface area contributed by atoms with Crippen LogP contribution in [-0.4, -0.2) is 21.6 Å². The van der Waals surface area contributed by atoms with Crippen LogP contribution in [0.25, 0.3) is 11.0 Å². The van der Waals surface area contributed by atoms with Gasteiger partial charge in [-0.1, -0.05) is 0 Å². The van der Waals surface area contributed by atoms with E-state index in [1.165, 1.54) is 0 Å². The maximum Gasteiger partial charge on any atom is 0.319 e. The number of aryl methyl sites for hydroxylation is 1. The van der Waals surface area contributed by atoms with Gasteiger partial charge in [0.05, 0.1) is 11.0 Å². The summed E-state index contributed by atoms with van der Waals surface area (Å²) in [5, 5.41) is 5.62. The predicted molar refractivity (Wildman–Crippen MR) is 82.1 cm³/mol. The van der Waals surface area contributed by atoms with Gasteiger partial charge in [0.15, 0.2) is 0 Å². The number of benzene rings is 1. The maximum atomic E-state index is 11.7. The van der Waals surface area contributed by atoms with Gasteiger partial charge in [-0.25, -0.2) is 9.78 Å². The van der Waals surface area contributed by atoms with Crippen molar-refractivity contribution in [1.29, 1.82) is 0 Å². The van der Waals surface area contributed by atoms with Gasteiger partial charge < -0.3 is 15.2 Å². The molecule has 1 aromatic heterocycles. The molecule has 0 saturated carbocycles. The second kappa shape index (κ2) is 5.53. The standard InChI is InChI=1S/C15H22N4O/c1-9(2)16-15(20)18-12-6-7-14-13(8-12)17-11(5)19(14)10(3)4/h6-10H,1-5H3,(H2,16,18,20). The zero-order valence-electron chi connectivity index (χ0n) is 12.7. The van der Waals surface area contributed by atoms with Gasteiger partial charge >= 0.3 is 6.03 Å². The van der Waals surface area contributed by atoms with Crippen LogP contribution in [0.15, 0.2) is 18.2 Å². The summed E-state index contributed by atoms with van der Waals surface area (Å²) >= 11 is 0. The first-order chi connectivity index (χ1) is 9.38. The monoisotopic (exact) mass is 274 g/mol. The Hall–Kier alpha value is -2.04. The predicted octanol–water partition coefficient (Wildman–Crippen LogP) is 3.46. The second-order valence-corrected chi connectivity index (χ2v) is 5.58. The first kappa shape index (κ1) is 14.4. The fraction of sp³-hybridized carbons (Fsp3) is 0.467. The number of hydrogen-bond donors (Lipinski definition) is 2. The second-order valence-electron chi connectivity index (χ2n) is 5.58. The average molecular weight is 274 g/mol. The molecule has 2 aromatic rings. The van der Waals surface area contributed by atoms with E-state index in [1.807, 2.05) is 39.0 Å². The number of amides is 2. The summed E-state index contributed by atoms with van der Waals surface area (Å²) in [7, 11) is 0. The third-order valence-electron chi connectivity index (χ3n) is 3.06. The Morgan fingerprint density at radius 2 is 1.95 bits per heavy atom. The summed E-state index contributed by atoms with van der Waals surface area (Å²) in [5.74, 6) is 0.985. The number of anilines is 1. The van der Waals surface area contributed by atoms with E-state index in [1.54, 1.807) is 0 Å².